The Labute approximate surface area is 117 Å². The first-order valence-electron chi connectivity index (χ1n) is 5.61. The lowest BCUT2D eigenvalue weighted by Crippen LogP contribution is -2.14. The Kier molecular flexibility index (Phi) is 4.66. The minimum Gasteiger partial charge on any atom is -0.411 e. The summed E-state index contributed by atoms with van der Waals surface area (Å²) in [5.74, 6) is 0.230. The highest BCUT2D eigenvalue weighted by Crippen LogP contribution is 2.30. The van der Waals surface area contributed by atoms with E-state index in [0.29, 0.717) is 0 Å². The van der Waals surface area contributed by atoms with Crippen LogP contribution in [0.5, 0.6) is 0 Å². The third-order valence-electron chi connectivity index (χ3n) is 2.35. The first kappa shape index (κ1) is 14.4. The predicted molar refractivity (Wildman–Crippen MR) is 70.2 cm³/mol. The van der Waals surface area contributed by atoms with Gasteiger partial charge in [0.25, 0.3) is 16.8 Å². The van der Waals surface area contributed by atoms with Crippen LogP contribution in [0.25, 0.3) is 11.5 Å². The first-order valence-corrected chi connectivity index (χ1v) is 6.59. The van der Waals surface area contributed by atoms with Gasteiger partial charge in [-0.2, -0.15) is 0 Å². The minimum absolute atomic E-state index is 0.0401. The van der Waals surface area contributed by atoms with Crippen LogP contribution in [-0.4, -0.2) is 43.8 Å². The van der Waals surface area contributed by atoms with Gasteiger partial charge in [-0.25, -0.2) is 0 Å². The van der Waals surface area contributed by atoms with E-state index in [0.717, 1.165) is 11.8 Å². The van der Waals surface area contributed by atoms with Crippen LogP contribution in [0.1, 0.15) is 0 Å². The average Bonchev–Trinajstić information content (AvgIpc) is 2.93. The van der Waals surface area contributed by atoms with Gasteiger partial charge in [0.2, 0.25) is 0 Å². The molecule has 0 bridgehead atoms. The van der Waals surface area contributed by atoms with Gasteiger partial charge in [0.15, 0.2) is 0 Å². The van der Waals surface area contributed by atoms with E-state index in [4.69, 9.17) is 9.52 Å². The van der Waals surface area contributed by atoms with Crippen molar-refractivity contribution in [1.82, 2.24) is 10.2 Å². The Balaban J connectivity index is 2.19. The van der Waals surface area contributed by atoms with Crippen molar-refractivity contribution in [3.8, 4) is 11.5 Å². The number of aromatic nitrogens is 2. The van der Waals surface area contributed by atoms with Crippen molar-refractivity contribution in [3.05, 3.63) is 34.4 Å². The summed E-state index contributed by atoms with van der Waals surface area (Å²) in [5, 5.41) is 36.5. The van der Waals surface area contributed by atoms with Crippen molar-refractivity contribution in [2.75, 3.05) is 12.4 Å². The Morgan fingerprint density at radius 2 is 2.15 bits per heavy atom. The summed E-state index contributed by atoms with van der Waals surface area (Å²) in [6.45, 7) is -0.363. The molecule has 1 aromatic heterocycles. The average molecular weight is 297 g/mol. The molecule has 106 valence electrons. The topological polar surface area (TPSA) is 123 Å². The third kappa shape index (κ3) is 3.32. The number of thioether (sulfide) groups is 1. The molecule has 2 rings (SSSR count). The molecular formula is C11H11N3O5S. The van der Waals surface area contributed by atoms with Crippen LogP contribution in [0.15, 0.2) is 33.9 Å². The van der Waals surface area contributed by atoms with Gasteiger partial charge in [0, 0.05) is 11.8 Å². The van der Waals surface area contributed by atoms with E-state index in [9.17, 15) is 15.2 Å². The van der Waals surface area contributed by atoms with Crippen LogP contribution in [-0.2, 0) is 0 Å². The number of rotatable bonds is 6. The van der Waals surface area contributed by atoms with E-state index in [1.165, 1.54) is 12.1 Å². The van der Waals surface area contributed by atoms with Crippen molar-refractivity contribution >= 4 is 17.4 Å². The molecule has 1 atom stereocenters. The van der Waals surface area contributed by atoms with E-state index < -0.39 is 11.0 Å². The number of hydrogen-bond acceptors (Lipinski definition) is 8. The van der Waals surface area contributed by atoms with Crippen molar-refractivity contribution in [1.29, 1.82) is 0 Å². The molecule has 2 aromatic rings. The summed E-state index contributed by atoms with van der Waals surface area (Å²) in [5.41, 5.74) is 0.114. The van der Waals surface area contributed by atoms with Gasteiger partial charge in [-0.15, -0.1) is 10.2 Å². The van der Waals surface area contributed by atoms with E-state index >= 15 is 0 Å². The number of nitro groups is 1. The summed E-state index contributed by atoms with van der Waals surface area (Å²) < 4.78 is 5.30. The Bertz CT molecular complexity index is 603. The molecule has 0 radical (unpaired) electrons. The van der Waals surface area contributed by atoms with Gasteiger partial charge in [-0.1, -0.05) is 23.9 Å². The molecule has 0 saturated heterocycles. The quantitative estimate of drug-likeness (QED) is 0.461. The van der Waals surface area contributed by atoms with Gasteiger partial charge < -0.3 is 14.6 Å². The van der Waals surface area contributed by atoms with Crippen LogP contribution in [0.3, 0.4) is 0 Å². The molecule has 0 aliphatic rings. The molecule has 1 aromatic carbocycles. The summed E-state index contributed by atoms with van der Waals surface area (Å²) in [6.07, 6.45) is -0.888. The Morgan fingerprint density at radius 1 is 1.40 bits per heavy atom. The van der Waals surface area contributed by atoms with Gasteiger partial charge >= 0.3 is 0 Å². The fourth-order valence-corrected chi connectivity index (χ4v) is 2.09. The van der Waals surface area contributed by atoms with Gasteiger partial charge in [0.05, 0.1) is 17.6 Å². The van der Waals surface area contributed by atoms with Crippen molar-refractivity contribution in [2.24, 2.45) is 0 Å². The van der Waals surface area contributed by atoms with Gasteiger partial charge in [-0.05, 0) is 6.07 Å². The number of para-hydroxylation sites is 1. The zero-order chi connectivity index (χ0) is 14.5. The van der Waals surface area contributed by atoms with Gasteiger partial charge in [0.1, 0.15) is 5.56 Å². The molecule has 1 heterocycles. The summed E-state index contributed by atoms with van der Waals surface area (Å²) >= 11 is 1.06. The highest BCUT2D eigenvalue weighted by molar-refractivity contribution is 7.99. The number of aliphatic hydroxyl groups excluding tert-OH is 2. The predicted octanol–water partition coefficient (Wildman–Crippen LogP) is 1.09. The molecule has 0 amide bonds. The molecule has 0 aliphatic heterocycles. The number of hydrogen-bond donors (Lipinski definition) is 2. The maximum Gasteiger partial charge on any atom is 0.282 e. The maximum absolute atomic E-state index is 10.9. The van der Waals surface area contributed by atoms with Crippen LogP contribution in [0.2, 0.25) is 0 Å². The van der Waals surface area contributed by atoms with Crippen LogP contribution in [0.4, 0.5) is 5.69 Å². The fraction of sp³-hybridized carbons (Fsp3) is 0.273. The van der Waals surface area contributed by atoms with E-state index in [-0.39, 0.29) is 34.7 Å². The molecule has 0 fully saturated rings. The van der Waals surface area contributed by atoms with E-state index in [2.05, 4.69) is 10.2 Å². The molecule has 0 spiro atoms. The third-order valence-corrected chi connectivity index (χ3v) is 3.31. The molecule has 20 heavy (non-hydrogen) atoms. The highest BCUT2D eigenvalue weighted by atomic mass is 32.2. The second-order valence-corrected chi connectivity index (χ2v) is 4.77. The maximum atomic E-state index is 10.9. The van der Waals surface area contributed by atoms with E-state index in [1.54, 1.807) is 12.1 Å². The molecule has 0 aliphatic carbocycles. The van der Waals surface area contributed by atoms with Crippen LogP contribution >= 0.6 is 11.8 Å². The lowest BCUT2D eigenvalue weighted by Gasteiger charge is -2.02. The zero-order valence-corrected chi connectivity index (χ0v) is 11.0. The second kappa shape index (κ2) is 6.46. The van der Waals surface area contributed by atoms with Gasteiger partial charge in [-0.3, -0.25) is 10.1 Å². The number of benzene rings is 1. The minimum atomic E-state index is -0.888. The molecule has 8 nitrogen and oxygen atoms in total. The van der Waals surface area contributed by atoms with Crippen LogP contribution in [0, 0.1) is 10.1 Å². The van der Waals surface area contributed by atoms with Crippen LogP contribution < -0.4 is 0 Å². The molecule has 1 unspecified atom stereocenters. The smallest absolute Gasteiger partial charge is 0.282 e. The largest absolute Gasteiger partial charge is 0.411 e. The number of nitrogens with zero attached hydrogens (tertiary/aromatic N) is 3. The lowest BCUT2D eigenvalue weighted by molar-refractivity contribution is -0.384. The molecule has 0 saturated carbocycles. The summed E-state index contributed by atoms with van der Waals surface area (Å²) in [4.78, 5) is 10.4. The van der Waals surface area contributed by atoms with Crippen molar-refractivity contribution in [3.63, 3.8) is 0 Å². The summed E-state index contributed by atoms with van der Waals surface area (Å²) in [6, 6.07) is 6.05. The Hall–Kier alpha value is -1.97. The zero-order valence-electron chi connectivity index (χ0n) is 10.2. The second-order valence-electron chi connectivity index (χ2n) is 3.79. The molecular weight excluding hydrogens is 286 g/mol. The van der Waals surface area contributed by atoms with E-state index in [1.807, 2.05) is 0 Å². The fourth-order valence-electron chi connectivity index (χ4n) is 1.41. The molecule has 9 heteroatoms. The lowest BCUT2D eigenvalue weighted by atomic mass is 10.2. The normalized spacial score (nSPS) is 12.3. The standard InChI is InChI=1S/C11H11N3O5S/c15-5-7(16)6-20-11-13-12-10(19-11)8-3-1-2-4-9(8)14(17)18/h1-4,7,15-16H,5-6H2. The molecule has 2 N–H and O–H groups in total. The SMILES string of the molecule is O=[N+]([O-])c1ccccc1-c1nnc(SCC(O)CO)o1. The van der Waals surface area contributed by atoms with Crippen molar-refractivity contribution < 1.29 is 19.6 Å². The van der Waals surface area contributed by atoms with Crippen molar-refractivity contribution in [2.45, 2.75) is 11.3 Å². The highest BCUT2D eigenvalue weighted by Gasteiger charge is 2.19. The number of aliphatic hydroxyl groups is 2. The monoisotopic (exact) mass is 297 g/mol. The Morgan fingerprint density at radius 3 is 2.85 bits per heavy atom. The first-order chi connectivity index (χ1) is 9.61. The number of nitro benzene ring substituents is 1. The summed E-state index contributed by atoms with van der Waals surface area (Å²) in [7, 11) is 0.